The van der Waals surface area contributed by atoms with Gasteiger partial charge in [-0.1, -0.05) is 43.3 Å². The van der Waals surface area contributed by atoms with Gasteiger partial charge in [0.25, 0.3) is 5.91 Å². The maximum Gasteiger partial charge on any atom is 0.254 e. The molecule has 0 spiro atoms. The minimum Gasteiger partial charge on any atom is -0.335 e. The van der Waals surface area contributed by atoms with Crippen LogP contribution in [-0.2, 0) is 9.84 Å². The van der Waals surface area contributed by atoms with Gasteiger partial charge in [-0.15, -0.1) is 0 Å². The van der Waals surface area contributed by atoms with E-state index in [0.29, 0.717) is 11.5 Å². The van der Waals surface area contributed by atoms with Gasteiger partial charge in [0.1, 0.15) is 0 Å². The molecule has 0 aromatic heterocycles. The first-order valence-corrected chi connectivity index (χ1v) is 11.0. The Bertz CT molecular complexity index is 877. The summed E-state index contributed by atoms with van der Waals surface area (Å²) in [6.07, 6.45) is 4.08. The zero-order chi connectivity index (χ0) is 18.7. The highest BCUT2D eigenvalue weighted by Gasteiger charge is 2.35. The fraction of sp³-hybridized carbons (Fsp3) is 0.381. The molecule has 3 rings (SSSR count). The Kier molecular flexibility index (Phi) is 5.47. The van der Waals surface area contributed by atoms with Gasteiger partial charge in [-0.25, -0.2) is 8.42 Å². The monoisotopic (exact) mass is 371 g/mol. The Balaban J connectivity index is 1.89. The van der Waals surface area contributed by atoms with Crippen LogP contribution >= 0.6 is 0 Å². The first-order valence-electron chi connectivity index (χ1n) is 9.08. The minimum absolute atomic E-state index is 0.0765. The molecule has 1 fully saturated rings. The number of carbonyl (C=O) groups is 1. The average Bonchev–Trinajstić information content (AvgIpc) is 3.11. The summed E-state index contributed by atoms with van der Waals surface area (Å²) in [7, 11) is -3.33. The maximum atomic E-state index is 13.1. The van der Waals surface area contributed by atoms with Crippen molar-refractivity contribution in [2.45, 2.75) is 43.0 Å². The van der Waals surface area contributed by atoms with Crippen molar-refractivity contribution < 1.29 is 13.2 Å². The number of benzene rings is 2. The van der Waals surface area contributed by atoms with Crippen molar-refractivity contribution >= 4 is 15.7 Å². The van der Waals surface area contributed by atoms with E-state index in [9.17, 15) is 13.2 Å². The minimum atomic E-state index is -3.33. The number of carbonyl (C=O) groups excluding carboxylic acids is 1. The second kappa shape index (κ2) is 7.62. The van der Waals surface area contributed by atoms with Crippen molar-refractivity contribution in [1.29, 1.82) is 0 Å². The third-order valence-electron chi connectivity index (χ3n) is 5.20. The number of amides is 1. The zero-order valence-electron chi connectivity index (χ0n) is 15.3. The van der Waals surface area contributed by atoms with Gasteiger partial charge in [0.2, 0.25) is 0 Å². The summed E-state index contributed by atoms with van der Waals surface area (Å²) in [6, 6.07) is 16.9. The van der Waals surface area contributed by atoms with Crippen LogP contribution in [0, 0.1) is 0 Å². The Morgan fingerprint density at radius 1 is 1.15 bits per heavy atom. The van der Waals surface area contributed by atoms with Crippen molar-refractivity contribution in [3.05, 3.63) is 65.7 Å². The highest BCUT2D eigenvalue weighted by atomic mass is 32.2. The lowest BCUT2D eigenvalue weighted by atomic mass is 9.87. The molecule has 0 radical (unpaired) electrons. The molecule has 138 valence electrons. The molecule has 1 aliphatic rings. The molecule has 0 N–H and O–H groups in total. The van der Waals surface area contributed by atoms with Crippen LogP contribution in [-0.4, -0.2) is 38.1 Å². The lowest BCUT2D eigenvalue weighted by Crippen LogP contribution is -2.39. The molecule has 2 aromatic carbocycles. The van der Waals surface area contributed by atoms with Crippen molar-refractivity contribution in [2.24, 2.45) is 0 Å². The quantitative estimate of drug-likeness (QED) is 0.801. The summed E-state index contributed by atoms with van der Waals surface area (Å²) < 4.78 is 23.6. The van der Waals surface area contributed by atoms with E-state index in [1.165, 1.54) is 17.7 Å². The molecule has 4 nitrogen and oxygen atoms in total. The molecule has 5 heteroatoms. The number of hydrogen-bond donors (Lipinski definition) is 0. The topological polar surface area (TPSA) is 54.5 Å². The van der Waals surface area contributed by atoms with Gasteiger partial charge in [-0.05, 0) is 43.0 Å². The van der Waals surface area contributed by atoms with E-state index in [0.717, 1.165) is 32.1 Å². The fourth-order valence-corrected chi connectivity index (χ4v) is 4.59. The molecule has 0 aliphatic carbocycles. The van der Waals surface area contributed by atoms with Crippen LogP contribution in [0.5, 0.6) is 0 Å². The van der Waals surface area contributed by atoms with E-state index in [1.54, 1.807) is 12.1 Å². The fourth-order valence-electron chi connectivity index (χ4n) is 3.92. The van der Waals surface area contributed by atoms with Gasteiger partial charge < -0.3 is 4.90 Å². The number of sulfone groups is 1. The van der Waals surface area contributed by atoms with Crippen LogP contribution in [0.2, 0.25) is 0 Å². The second-order valence-electron chi connectivity index (χ2n) is 6.93. The highest BCUT2D eigenvalue weighted by Crippen LogP contribution is 2.34. The first kappa shape index (κ1) is 18.6. The maximum absolute atomic E-state index is 13.1. The molecule has 0 bridgehead atoms. The largest absolute Gasteiger partial charge is 0.335 e. The predicted molar refractivity (Wildman–Crippen MR) is 103 cm³/mol. The van der Waals surface area contributed by atoms with Gasteiger partial charge in [0, 0.05) is 30.3 Å². The molecule has 2 aromatic rings. The van der Waals surface area contributed by atoms with Crippen LogP contribution < -0.4 is 0 Å². The SMILES string of the molecule is CC[C@H](c1ccccc1)[C@H]1CCCN1C(=O)c1cccc(S(C)(=O)=O)c1. The van der Waals surface area contributed by atoms with Crippen molar-refractivity contribution in [3.63, 3.8) is 0 Å². The molecule has 1 amide bonds. The van der Waals surface area contributed by atoms with E-state index < -0.39 is 9.84 Å². The molecule has 1 saturated heterocycles. The number of likely N-dealkylation sites (tertiary alicyclic amines) is 1. The first-order chi connectivity index (χ1) is 12.4. The second-order valence-corrected chi connectivity index (χ2v) is 8.95. The predicted octanol–water partition coefficient (Wildman–Crippen LogP) is 3.89. The average molecular weight is 372 g/mol. The van der Waals surface area contributed by atoms with Gasteiger partial charge >= 0.3 is 0 Å². The number of nitrogens with zero attached hydrogens (tertiary/aromatic N) is 1. The van der Waals surface area contributed by atoms with E-state index >= 15 is 0 Å². The molecule has 1 heterocycles. The van der Waals surface area contributed by atoms with Crippen LogP contribution in [0.4, 0.5) is 0 Å². The van der Waals surface area contributed by atoms with Gasteiger partial charge in [0.15, 0.2) is 9.84 Å². The lowest BCUT2D eigenvalue weighted by Gasteiger charge is -2.32. The van der Waals surface area contributed by atoms with E-state index in [2.05, 4.69) is 19.1 Å². The molecule has 0 saturated carbocycles. The standard InChI is InChI=1S/C21H25NO3S/c1-3-19(16-9-5-4-6-10-16)20-13-8-14-22(20)21(23)17-11-7-12-18(15-17)26(2,24)25/h4-7,9-12,15,19-20H,3,8,13-14H2,1-2H3/t19-,20-/m1/s1. The summed E-state index contributed by atoms with van der Waals surface area (Å²) in [4.78, 5) is 15.2. The molecular weight excluding hydrogens is 346 g/mol. The van der Waals surface area contributed by atoms with Gasteiger partial charge in [0.05, 0.1) is 4.90 Å². The number of hydrogen-bond acceptors (Lipinski definition) is 3. The van der Waals surface area contributed by atoms with Gasteiger partial charge in [-0.2, -0.15) is 0 Å². The Hall–Kier alpha value is -2.14. The summed E-state index contributed by atoms with van der Waals surface area (Å²) in [6.45, 7) is 2.87. The van der Waals surface area contributed by atoms with Crippen LogP contribution in [0.1, 0.15) is 48.0 Å². The van der Waals surface area contributed by atoms with Crippen LogP contribution in [0.3, 0.4) is 0 Å². The van der Waals surface area contributed by atoms with Crippen LogP contribution in [0.25, 0.3) is 0 Å². The summed E-state index contributed by atoms with van der Waals surface area (Å²) in [5.74, 6) is 0.216. The summed E-state index contributed by atoms with van der Waals surface area (Å²) in [5.41, 5.74) is 1.70. The Morgan fingerprint density at radius 2 is 1.88 bits per heavy atom. The smallest absolute Gasteiger partial charge is 0.254 e. The highest BCUT2D eigenvalue weighted by molar-refractivity contribution is 7.90. The van der Waals surface area contributed by atoms with Crippen LogP contribution in [0.15, 0.2) is 59.5 Å². The lowest BCUT2D eigenvalue weighted by molar-refractivity contribution is 0.0714. The molecule has 0 unspecified atom stereocenters. The summed E-state index contributed by atoms with van der Waals surface area (Å²) >= 11 is 0. The van der Waals surface area contributed by atoms with Crippen molar-refractivity contribution in [2.75, 3.05) is 12.8 Å². The number of rotatable bonds is 5. The normalized spacial score (nSPS) is 18.7. The van der Waals surface area contributed by atoms with E-state index in [4.69, 9.17) is 0 Å². The Labute approximate surface area is 155 Å². The zero-order valence-corrected chi connectivity index (χ0v) is 16.1. The van der Waals surface area contributed by atoms with Gasteiger partial charge in [-0.3, -0.25) is 4.79 Å². The van der Waals surface area contributed by atoms with Crippen molar-refractivity contribution in [3.8, 4) is 0 Å². The molecule has 2 atom stereocenters. The Morgan fingerprint density at radius 3 is 2.54 bits per heavy atom. The molecular formula is C21H25NO3S. The third kappa shape index (κ3) is 3.83. The van der Waals surface area contributed by atoms with E-state index in [1.807, 2.05) is 23.1 Å². The molecule has 1 aliphatic heterocycles. The molecule has 26 heavy (non-hydrogen) atoms. The summed E-state index contributed by atoms with van der Waals surface area (Å²) in [5, 5.41) is 0. The van der Waals surface area contributed by atoms with E-state index in [-0.39, 0.29) is 16.8 Å². The third-order valence-corrected chi connectivity index (χ3v) is 6.31. The van der Waals surface area contributed by atoms with Crippen molar-refractivity contribution in [1.82, 2.24) is 4.90 Å².